The van der Waals surface area contributed by atoms with Gasteiger partial charge in [0.2, 0.25) is 0 Å². The van der Waals surface area contributed by atoms with Crippen LogP contribution >= 0.6 is 0 Å². The molecule has 0 saturated heterocycles. The van der Waals surface area contributed by atoms with Crippen molar-refractivity contribution < 1.29 is 23.8 Å². The Labute approximate surface area is 175 Å². The lowest BCUT2D eigenvalue weighted by atomic mass is 10.1. The molecule has 0 aromatic heterocycles. The van der Waals surface area contributed by atoms with Crippen LogP contribution in [-0.2, 0) is 0 Å². The number of rotatable bonds is 8. The van der Waals surface area contributed by atoms with E-state index in [0.717, 1.165) is 11.3 Å². The second-order valence-electron chi connectivity index (χ2n) is 6.31. The van der Waals surface area contributed by atoms with Gasteiger partial charge in [-0.1, -0.05) is 24.3 Å². The summed E-state index contributed by atoms with van der Waals surface area (Å²) in [6, 6.07) is 20.7. The van der Waals surface area contributed by atoms with Crippen LogP contribution < -0.4 is 14.2 Å². The van der Waals surface area contributed by atoms with Gasteiger partial charge in [0.05, 0.1) is 19.3 Å². The summed E-state index contributed by atoms with van der Waals surface area (Å²) in [6.07, 6.45) is 3.22. The van der Waals surface area contributed by atoms with Gasteiger partial charge in [-0.2, -0.15) is 0 Å². The van der Waals surface area contributed by atoms with Crippen molar-refractivity contribution in [3.63, 3.8) is 0 Å². The topological polar surface area (TPSA) is 61.8 Å². The minimum atomic E-state index is -0.500. The maximum atomic E-state index is 12.5. The van der Waals surface area contributed by atoms with E-state index >= 15 is 0 Å². The molecule has 30 heavy (non-hydrogen) atoms. The molecule has 0 fully saturated rings. The Morgan fingerprint density at radius 1 is 0.867 bits per heavy atom. The average molecular weight is 402 g/mol. The van der Waals surface area contributed by atoms with E-state index in [0.29, 0.717) is 29.2 Å². The predicted molar refractivity (Wildman–Crippen MR) is 115 cm³/mol. The van der Waals surface area contributed by atoms with Crippen molar-refractivity contribution in [2.45, 2.75) is 6.92 Å². The van der Waals surface area contributed by atoms with E-state index in [1.54, 1.807) is 54.6 Å². The number of hydrogen-bond acceptors (Lipinski definition) is 5. The van der Waals surface area contributed by atoms with Crippen LogP contribution in [0.4, 0.5) is 0 Å². The number of ketones is 1. The van der Waals surface area contributed by atoms with Crippen LogP contribution in [0.3, 0.4) is 0 Å². The van der Waals surface area contributed by atoms with Crippen molar-refractivity contribution in [3.8, 4) is 17.2 Å². The zero-order valence-corrected chi connectivity index (χ0v) is 16.8. The van der Waals surface area contributed by atoms with E-state index in [1.807, 2.05) is 31.2 Å². The van der Waals surface area contributed by atoms with Crippen molar-refractivity contribution >= 4 is 17.8 Å². The molecule has 0 unspecified atom stereocenters. The fourth-order valence-electron chi connectivity index (χ4n) is 2.77. The van der Waals surface area contributed by atoms with Gasteiger partial charge in [-0.15, -0.1) is 0 Å². The standard InChI is InChI=1S/C25H22O5/c1-3-29-24-10-5-4-7-19(24)13-16-23(26)18-11-14-21(15-12-18)30-25(27)20-8-6-9-22(17-20)28-2/h4-17H,3H2,1-2H3/b16-13+. The smallest absolute Gasteiger partial charge is 0.343 e. The third-order valence-electron chi connectivity index (χ3n) is 4.29. The Morgan fingerprint density at radius 2 is 1.63 bits per heavy atom. The Morgan fingerprint density at radius 3 is 2.37 bits per heavy atom. The van der Waals surface area contributed by atoms with E-state index in [9.17, 15) is 9.59 Å². The predicted octanol–water partition coefficient (Wildman–Crippen LogP) is 5.21. The van der Waals surface area contributed by atoms with Gasteiger partial charge in [0.1, 0.15) is 17.2 Å². The molecule has 3 rings (SSSR count). The highest BCUT2D eigenvalue weighted by molar-refractivity contribution is 6.07. The maximum absolute atomic E-state index is 12.5. The third-order valence-corrected chi connectivity index (χ3v) is 4.29. The Kier molecular flexibility index (Phi) is 7.00. The third kappa shape index (κ3) is 5.35. The second kappa shape index (κ2) is 10.1. The number of hydrogen-bond donors (Lipinski definition) is 0. The molecule has 0 heterocycles. The van der Waals surface area contributed by atoms with E-state index in [1.165, 1.54) is 13.2 Å². The van der Waals surface area contributed by atoms with Crippen LogP contribution in [-0.4, -0.2) is 25.5 Å². The number of carbonyl (C=O) groups is 2. The summed E-state index contributed by atoms with van der Waals surface area (Å²) in [7, 11) is 1.53. The molecule has 0 radical (unpaired) electrons. The van der Waals surface area contributed by atoms with Crippen LogP contribution in [0.15, 0.2) is 78.9 Å². The first-order valence-corrected chi connectivity index (χ1v) is 9.51. The van der Waals surface area contributed by atoms with Crippen molar-refractivity contribution in [1.82, 2.24) is 0 Å². The molecule has 0 amide bonds. The van der Waals surface area contributed by atoms with Gasteiger partial charge >= 0.3 is 5.97 Å². The lowest BCUT2D eigenvalue weighted by Gasteiger charge is -2.07. The number of para-hydroxylation sites is 1. The molecule has 3 aromatic carbocycles. The first-order valence-electron chi connectivity index (χ1n) is 9.51. The van der Waals surface area contributed by atoms with Gasteiger partial charge in [0, 0.05) is 11.1 Å². The summed E-state index contributed by atoms with van der Waals surface area (Å²) >= 11 is 0. The zero-order chi connectivity index (χ0) is 21.3. The molecule has 0 aliphatic rings. The molecule has 0 aliphatic heterocycles. The first-order chi connectivity index (χ1) is 14.6. The molecule has 0 saturated carbocycles. The lowest BCUT2D eigenvalue weighted by Crippen LogP contribution is -2.08. The van der Waals surface area contributed by atoms with Crippen molar-refractivity contribution in [3.05, 3.63) is 95.6 Å². The lowest BCUT2D eigenvalue weighted by molar-refractivity contribution is 0.0734. The Balaban J connectivity index is 1.66. The van der Waals surface area contributed by atoms with Crippen molar-refractivity contribution in [2.75, 3.05) is 13.7 Å². The molecule has 5 heteroatoms. The molecular weight excluding hydrogens is 380 g/mol. The van der Waals surface area contributed by atoms with Gasteiger partial charge in [-0.05, 0) is 67.6 Å². The number of carbonyl (C=O) groups excluding carboxylic acids is 2. The van der Waals surface area contributed by atoms with E-state index in [-0.39, 0.29) is 5.78 Å². The summed E-state index contributed by atoms with van der Waals surface area (Å²) in [4.78, 5) is 24.7. The molecule has 3 aromatic rings. The van der Waals surface area contributed by atoms with Crippen molar-refractivity contribution in [1.29, 1.82) is 0 Å². The molecular formula is C25H22O5. The first kappa shape index (κ1) is 20.9. The second-order valence-corrected chi connectivity index (χ2v) is 6.31. The normalized spacial score (nSPS) is 10.6. The van der Waals surface area contributed by atoms with Crippen LogP contribution in [0, 0.1) is 0 Å². The summed E-state index contributed by atoms with van der Waals surface area (Å²) in [6.45, 7) is 2.46. The zero-order valence-electron chi connectivity index (χ0n) is 16.8. The highest BCUT2D eigenvalue weighted by atomic mass is 16.5. The molecule has 152 valence electrons. The molecule has 0 aliphatic carbocycles. The van der Waals surface area contributed by atoms with Gasteiger partial charge < -0.3 is 14.2 Å². The minimum Gasteiger partial charge on any atom is -0.497 e. The maximum Gasteiger partial charge on any atom is 0.343 e. The number of allylic oxidation sites excluding steroid dienone is 1. The highest BCUT2D eigenvalue weighted by Gasteiger charge is 2.10. The van der Waals surface area contributed by atoms with Gasteiger partial charge in [-0.25, -0.2) is 4.79 Å². The Bertz CT molecular complexity index is 1050. The number of esters is 1. The Hall–Kier alpha value is -3.86. The van der Waals surface area contributed by atoms with E-state index < -0.39 is 5.97 Å². The summed E-state index contributed by atoms with van der Waals surface area (Å²) in [5.74, 6) is 0.990. The van der Waals surface area contributed by atoms with Crippen LogP contribution in [0.5, 0.6) is 17.2 Å². The van der Waals surface area contributed by atoms with Crippen molar-refractivity contribution in [2.24, 2.45) is 0 Å². The van der Waals surface area contributed by atoms with Gasteiger partial charge in [-0.3, -0.25) is 4.79 Å². The van der Waals surface area contributed by atoms with Gasteiger partial charge in [0.25, 0.3) is 0 Å². The summed E-state index contributed by atoms with van der Waals surface area (Å²) in [5, 5.41) is 0. The van der Waals surface area contributed by atoms with E-state index in [4.69, 9.17) is 14.2 Å². The van der Waals surface area contributed by atoms with E-state index in [2.05, 4.69) is 0 Å². The average Bonchev–Trinajstić information content (AvgIpc) is 2.79. The minimum absolute atomic E-state index is 0.160. The van der Waals surface area contributed by atoms with Gasteiger partial charge in [0.15, 0.2) is 5.78 Å². The molecule has 0 spiro atoms. The number of benzene rings is 3. The number of ether oxygens (including phenoxy) is 3. The molecule has 0 atom stereocenters. The SMILES string of the molecule is CCOc1ccccc1/C=C/C(=O)c1ccc(OC(=O)c2cccc(OC)c2)cc1. The fraction of sp³-hybridized carbons (Fsp3) is 0.120. The summed E-state index contributed by atoms with van der Waals surface area (Å²) < 4.78 is 16.0. The highest BCUT2D eigenvalue weighted by Crippen LogP contribution is 2.21. The molecule has 0 N–H and O–H groups in total. The largest absolute Gasteiger partial charge is 0.497 e. The van der Waals surface area contributed by atoms with Crippen LogP contribution in [0.2, 0.25) is 0 Å². The quantitative estimate of drug-likeness (QED) is 0.224. The molecule has 5 nitrogen and oxygen atoms in total. The summed E-state index contributed by atoms with van der Waals surface area (Å²) in [5.41, 5.74) is 1.70. The van der Waals surface area contributed by atoms with Crippen LogP contribution in [0.1, 0.15) is 33.2 Å². The monoisotopic (exact) mass is 402 g/mol. The van der Waals surface area contributed by atoms with Crippen LogP contribution in [0.25, 0.3) is 6.08 Å². The fourth-order valence-corrected chi connectivity index (χ4v) is 2.77. The number of methoxy groups -OCH3 is 1. The molecule has 0 bridgehead atoms.